The Balaban J connectivity index is 1.30. The van der Waals surface area contributed by atoms with Crippen molar-refractivity contribution in [1.29, 1.82) is 0 Å². The van der Waals surface area contributed by atoms with E-state index in [1.807, 2.05) is 12.3 Å². The standard InChI is InChI=1S/C24H26N4O5/c1-17(29)19-5-6-22(23(12-19)31-2)32-16-20-13-21(26-33-20)24(30)28-10-8-27(9-11-28)15-18-4-3-7-25-14-18/h3-7,12-14H,8-11,15-16H2,1-2H3. The van der Waals surface area contributed by atoms with Crippen LogP contribution in [0.2, 0.25) is 0 Å². The zero-order valence-corrected chi connectivity index (χ0v) is 18.7. The van der Waals surface area contributed by atoms with Crippen LogP contribution in [-0.2, 0) is 13.2 Å². The molecule has 0 atom stereocenters. The molecule has 0 bridgehead atoms. The summed E-state index contributed by atoms with van der Waals surface area (Å²) in [5.41, 5.74) is 1.95. The molecular formula is C24H26N4O5. The van der Waals surface area contributed by atoms with Gasteiger partial charge in [0.05, 0.1) is 7.11 Å². The highest BCUT2D eigenvalue weighted by Crippen LogP contribution is 2.29. The highest BCUT2D eigenvalue weighted by atomic mass is 16.5. The zero-order valence-electron chi connectivity index (χ0n) is 18.7. The van der Waals surface area contributed by atoms with Gasteiger partial charge in [-0.3, -0.25) is 19.5 Å². The van der Waals surface area contributed by atoms with E-state index in [0.29, 0.717) is 35.9 Å². The minimum absolute atomic E-state index is 0.0591. The molecule has 1 aliphatic rings. The number of Topliss-reactive ketones (excluding diaryl/α,β-unsaturated/α-hetero) is 1. The number of pyridine rings is 1. The van der Waals surface area contributed by atoms with E-state index < -0.39 is 0 Å². The van der Waals surface area contributed by atoms with Crippen LogP contribution in [0.15, 0.2) is 53.3 Å². The summed E-state index contributed by atoms with van der Waals surface area (Å²) in [6.45, 7) is 5.19. The molecule has 1 fully saturated rings. The second kappa shape index (κ2) is 10.3. The lowest BCUT2D eigenvalue weighted by molar-refractivity contribution is 0.0618. The number of nitrogens with zero attached hydrogens (tertiary/aromatic N) is 4. The molecule has 0 N–H and O–H groups in total. The van der Waals surface area contributed by atoms with Gasteiger partial charge in [-0.2, -0.15) is 0 Å². The van der Waals surface area contributed by atoms with Crippen molar-refractivity contribution < 1.29 is 23.6 Å². The third kappa shape index (κ3) is 5.56. The summed E-state index contributed by atoms with van der Waals surface area (Å²) in [5.74, 6) is 1.12. The van der Waals surface area contributed by atoms with Crippen molar-refractivity contribution >= 4 is 11.7 Å². The van der Waals surface area contributed by atoms with Crippen LogP contribution in [0.5, 0.6) is 11.5 Å². The van der Waals surface area contributed by atoms with E-state index in [4.69, 9.17) is 14.0 Å². The molecule has 0 aliphatic carbocycles. The molecule has 33 heavy (non-hydrogen) atoms. The fourth-order valence-electron chi connectivity index (χ4n) is 3.66. The first kappa shape index (κ1) is 22.5. The van der Waals surface area contributed by atoms with Gasteiger partial charge in [-0.1, -0.05) is 11.2 Å². The van der Waals surface area contributed by atoms with Gasteiger partial charge in [0.15, 0.2) is 28.7 Å². The first-order valence-electron chi connectivity index (χ1n) is 10.7. The number of carbonyl (C=O) groups excluding carboxylic acids is 2. The van der Waals surface area contributed by atoms with E-state index in [-0.39, 0.29) is 24.0 Å². The molecular weight excluding hydrogens is 424 g/mol. The Morgan fingerprint density at radius 1 is 1.09 bits per heavy atom. The van der Waals surface area contributed by atoms with Crippen LogP contribution in [0.4, 0.5) is 0 Å². The number of hydrogen-bond acceptors (Lipinski definition) is 8. The van der Waals surface area contributed by atoms with Gasteiger partial charge >= 0.3 is 0 Å². The molecule has 1 aromatic carbocycles. The number of rotatable bonds is 8. The Kier molecular flexibility index (Phi) is 6.99. The average Bonchev–Trinajstić information content (AvgIpc) is 3.32. The van der Waals surface area contributed by atoms with Gasteiger partial charge in [-0.25, -0.2) is 0 Å². The van der Waals surface area contributed by atoms with Crippen LogP contribution < -0.4 is 9.47 Å². The fourth-order valence-corrected chi connectivity index (χ4v) is 3.66. The molecule has 1 aliphatic heterocycles. The molecule has 3 heterocycles. The van der Waals surface area contributed by atoms with Gasteiger partial charge in [-0.15, -0.1) is 0 Å². The predicted molar refractivity (Wildman–Crippen MR) is 119 cm³/mol. The lowest BCUT2D eigenvalue weighted by Gasteiger charge is -2.34. The van der Waals surface area contributed by atoms with Crippen molar-refractivity contribution in [2.75, 3.05) is 33.3 Å². The summed E-state index contributed by atoms with van der Waals surface area (Å²) >= 11 is 0. The Morgan fingerprint density at radius 2 is 1.91 bits per heavy atom. The molecule has 0 unspecified atom stereocenters. The first-order valence-corrected chi connectivity index (χ1v) is 10.7. The zero-order chi connectivity index (χ0) is 23.2. The topological polar surface area (TPSA) is 98.0 Å². The van der Waals surface area contributed by atoms with Crippen LogP contribution in [0.1, 0.15) is 39.1 Å². The molecule has 172 valence electrons. The molecule has 1 saturated heterocycles. The van der Waals surface area contributed by atoms with Gasteiger partial charge in [-0.05, 0) is 36.8 Å². The van der Waals surface area contributed by atoms with E-state index >= 15 is 0 Å². The number of carbonyl (C=O) groups is 2. The lowest BCUT2D eigenvalue weighted by atomic mass is 10.1. The van der Waals surface area contributed by atoms with Crippen molar-refractivity contribution in [1.82, 2.24) is 19.9 Å². The molecule has 4 rings (SSSR count). The van der Waals surface area contributed by atoms with Crippen LogP contribution in [-0.4, -0.2) is 64.9 Å². The molecule has 9 nitrogen and oxygen atoms in total. The van der Waals surface area contributed by atoms with E-state index in [0.717, 1.165) is 25.2 Å². The summed E-state index contributed by atoms with van der Waals surface area (Å²) in [4.78, 5) is 32.6. The third-order valence-electron chi connectivity index (χ3n) is 5.51. The molecule has 1 amide bonds. The van der Waals surface area contributed by atoms with Crippen LogP contribution >= 0.6 is 0 Å². The number of ketones is 1. The van der Waals surface area contributed by atoms with E-state index in [2.05, 4.69) is 21.1 Å². The number of aromatic nitrogens is 2. The number of hydrogen-bond donors (Lipinski definition) is 0. The van der Waals surface area contributed by atoms with Gasteiger partial charge in [0.1, 0.15) is 6.61 Å². The minimum atomic E-state index is -0.158. The number of benzene rings is 1. The summed E-state index contributed by atoms with van der Waals surface area (Å²) in [6.07, 6.45) is 3.63. The van der Waals surface area contributed by atoms with Gasteiger partial charge in [0.25, 0.3) is 5.91 Å². The third-order valence-corrected chi connectivity index (χ3v) is 5.51. The second-order valence-electron chi connectivity index (χ2n) is 7.82. The van der Waals surface area contributed by atoms with E-state index in [1.165, 1.54) is 14.0 Å². The van der Waals surface area contributed by atoms with E-state index in [9.17, 15) is 9.59 Å². The molecule has 2 aromatic heterocycles. The minimum Gasteiger partial charge on any atom is -0.493 e. The molecule has 0 saturated carbocycles. The van der Waals surface area contributed by atoms with Crippen LogP contribution in [0.25, 0.3) is 0 Å². The maximum Gasteiger partial charge on any atom is 0.276 e. The maximum atomic E-state index is 12.8. The number of amides is 1. The Morgan fingerprint density at radius 3 is 2.61 bits per heavy atom. The number of ether oxygens (including phenoxy) is 2. The van der Waals surface area contributed by atoms with E-state index in [1.54, 1.807) is 35.4 Å². The average molecular weight is 450 g/mol. The van der Waals surface area contributed by atoms with Crippen LogP contribution in [0, 0.1) is 0 Å². The van der Waals surface area contributed by atoms with Crippen molar-refractivity contribution in [2.45, 2.75) is 20.1 Å². The monoisotopic (exact) mass is 450 g/mol. The summed E-state index contributed by atoms with van der Waals surface area (Å²) in [6, 6.07) is 10.5. The highest BCUT2D eigenvalue weighted by Gasteiger charge is 2.25. The highest BCUT2D eigenvalue weighted by molar-refractivity contribution is 5.94. The Bertz CT molecular complexity index is 1110. The summed E-state index contributed by atoms with van der Waals surface area (Å²) in [5, 5.41) is 3.93. The predicted octanol–water partition coefficient (Wildman–Crippen LogP) is 2.82. The van der Waals surface area contributed by atoms with Gasteiger partial charge in [0.2, 0.25) is 0 Å². The second-order valence-corrected chi connectivity index (χ2v) is 7.82. The quantitative estimate of drug-likeness (QED) is 0.483. The Hall–Kier alpha value is -3.72. The SMILES string of the molecule is COc1cc(C(C)=O)ccc1OCc1cc(C(=O)N2CCN(Cc3cccnc3)CC2)no1. The molecule has 0 spiro atoms. The summed E-state index contributed by atoms with van der Waals surface area (Å²) < 4.78 is 16.4. The Labute approximate surface area is 191 Å². The maximum absolute atomic E-state index is 12.8. The van der Waals surface area contributed by atoms with Crippen molar-refractivity contribution in [3.63, 3.8) is 0 Å². The lowest BCUT2D eigenvalue weighted by Crippen LogP contribution is -2.48. The largest absolute Gasteiger partial charge is 0.493 e. The first-order chi connectivity index (χ1) is 16.0. The van der Waals surface area contributed by atoms with Crippen LogP contribution in [0.3, 0.4) is 0 Å². The van der Waals surface area contributed by atoms with Crippen molar-refractivity contribution in [3.8, 4) is 11.5 Å². The molecule has 3 aromatic rings. The number of methoxy groups -OCH3 is 1. The molecule has 9 heteroatoms. The normalized spacial score (nSPS) is 14.2. The smallest absolute Gasteiger partial charge is 0.276 e. The van der Waals surface area contributed by atoms with Gasteiger partial charge < -0.3 is 18.9 Å². The fraction of sp³-hybridized carbons (Fsp3) is 0.333. The number of piperazine rings is 1. The van der Waals surface area contributed by atoms with Gasteiger partial charge in [0, 0.05) is 56.7 Å². The van der Waals surface area contributed by atoms with Crippen molar-refractivity contribution in [3.05, 3.63) is 71.4 Å². The molecule has 0 radical (unpaired) electrons. The van der Waals surface area contributed by atoms with Crippen molar-refractivity contribution in [2.24, 2.45) is 0 Å². The summed E-state index contributed by atoms with van der Waals surface area (Å²) in [7, 11) is 1.51.